The van der Waals surface area contributed by atoms with Gasteiger partial charge in [0.2, 0.25) is 5.91 Å². The molecule has 2 unspecified atom stereocenters. The van der Waals surface area contributed by atoms with Gasteiger partial charge in [0.1, 0.15) is 0 Å². The topological polar surface area (TPSA) is 72.8 Å². The van der Waals surface area contributed by atoms with E-state index in [1.807, 2.05) is 0 Å². The minimum absolute atomic E-state index is 0.0483. The first-order valence-corrected chi connectivity index (χ1v) is 6.00. The molecule has 16 heavy (non-hydrogen) atoms. The van der Waals surface area contributed by atoms with E-state index in [1.165, 1.54) is 0 Å². The van der Waals surface area contributed by atoms with E-state index in [9.17, 15) is 9.90 Å². The molecule has 1 saturated heterocycles. The Balaban J connectivity index is 2.43. The van der Waals surface area contributed by atoms with E-state index >= 15 is 0 Å². The predicted molar refractivity (Wildman–Crippen MR) is 61.0 cm³/mol. The lowest BCUT2D eigenvalue weighted by Crippen LogP contribution is -2.52. The molecular weight excluding hydrogens is 208 g/mol. The van der Waals surface area contributed by atoms with Gasteiger partial charge in [0.05, 0.1) is 18.8 Å². The summed E-state index contributed by atoms with van der Waals surface area (Å²) in [5.41, 5.74) is 0. The van der Waals surface area contributed by atoms with Crippen LogP contribution in [-0.4, -0.2) is 59.4 Å². The number of likely N-dealkylation sites (tertiary alicyclic amines) is 1. The highest BCUT2D eigenvalue weighted by atomic mass is 16.3. The second-order valence-electron chi connectivity index (χ2n) is 4.27. The van der Waals surface area contributed by atoms with Gasteiger partial charge >= 0.3 is 0 Å². The highest BCUT2D eigenvalue weighted by Crippen LogP contribution is 2.12. The van der Waals surface area contributed by atoms with Crippen molar-refractivity contribution in [1.82, 2.24) is 10.2 Å². The molecule has 0 radical (unpaired) electrons. The molecule has 2 atom stereocenters. The number of amides is 1. The van der Waals surface area contributed by atoms with Crippen LogP contribution in [0.25, 0.3) is 0 Å². The van der Waals surface area contributed by atoms with Crippen LogP contribution in [0.3, 0.4) is 0 Å². The van der Waals surface area contributed by atoms with E-state index < -0.39 is 6.10 Å². The van der Waals surface area contributed by atoms with E-state index in [1.54, 1.807) is 4.90 Å². The predicted octanol–water partition coefficient (Wildman–Crippen LogP) is -0.670. The minimum atomic E-state index is -0.825. The van der Waals surface area contributed by atoms with Crippen molar-refractivity contribution in [3.05, 3.63) is 0 Å². The van der Waals surface area contributed by atoms with Gasteiger partial charge < -0.3 is 20.4 Å². The molecule has 0 spiro atoms. The zero-order chi connectivity index (χ0) is 12.0. The molecule has 0 aromatic heterocycles. The summed E-state index contributed by atoms with van der Waals surface area (Å²) in [4.78, 5) is 13.6. The van der Waals surface area contributed by atoms with Gasteiger partial charge in [-0.1, -0.05) is 6.92 Å². The zero-order valence-corrected chi connectivity index (χ0v) is 9.85. The SMILES string of the molecule is CCCNC1CCCN(CC(O)CO)C1=O. The average Bonchev–Trinajstić information content (AvgIpc) is 2.30. The number of aliphatic hydroxyl groups is 2. The van der Waals surface area contributed by atoms with Crippen LogP contribution in [0.15, 0.2) is 0 Å². The fraction of sp³-hybridized carbons (Fsp3) is 0.909. The fourth-order valence-corrected chi connectivity index (χ4v) is 1.94. The van der Waals surface area contributed by atoms with Crippen molar-refractivity contribution >= 4 is 5.91 Å². The lowest BCUT2D eigenvalue weighted by Gasteiger charge is -2.33. The number of carbonyl (C=O) groups is 1. The Hall–Kier alpha value is -0.650. The number of rotatable bonds is 6. The molecular formula is C11H22N2O3. The van der Waals surface area contributed by atoms with Crippen LogP contribution in [0.4, 0.5) is 0 Å². The first kappa shape index (κ1) is 13.4. The molecule has 1 aliphatic heterocycles. The zero-order valence-electron chi connectivity index (χ0n) is 9.85. The van der Waals surface area contributed by atoms with Crippen molar-refractivity contribution in [2.45, 2.75) is 38.3 Å². The third kappa shape index (κ3) is 3.73. The summed E-state index contributed by atoms with van der Waals surface area (Å²) >= 11 is 0. The number of hydrogen-bond donors (Lipinski definition) is 3. The molecule has 0 aliphatic carbocycles. The molecule has 0 aromatic carbocycles. The maximum atomic E-state index is 12.0. The number of nitrogens with one attached hydrogen (secondary N) is 1. The van der Waals surface area contributed by atoms with E-state index in [0.717, 1.165) is 25.8 Å². The molecule has 0 bridgehead atoms. The van der Waals surface area contributed by atoms with Crippen molar-refractivity contribution in [3.63, 3.8) is 0 Å². The third-order valence-electron chi connectivity index (χ3n) is 2.81. The van der Waals surface area contributed by atoms with Crippen LogP contribution in [0.5, 0.6) is 0 Å². The highest BCUT2D eigenvalue weighted by Gasteiger charge is 2.28. The summed E-state index contributed by atoms with van der Waals surface area (Å²) in [6.45, 7) is 3.52. The number of piperidine rings is 1. The smallest absolute Gasteiger partial charge is 0.239 e. The van der Waals surface area contributed by atoms with Gasteiger partial charge in [0, 0.05) is 13.1 Å². The Morgan fingerprint density at radius 2 is 2.38 bits per heavy atom. The number of aliphatic hydroxyl groups excluding tert-OH is 2. The first-order valence-electron chi connectivity index (χ1n) is 6.00. The van der Waals surface area contributed by atoms with Crippen LogP contribution in [0.1, 0.15) is 26.2 Å². The van der Waals surface area contributed by atoms with E-state index in [2.05, 4.69) is 12.2 Å². The molecule has 94 valence electrons. The Bertz CT molecular complexity index is 223. The van der Waals surface area contributed by atoms with Gasteiger partial charge in [-0.2, -0.15) is 0 Å². The molecule has 0 saturated carbocycles. The van der Waals surface area contributed by atoms with E-state index in [4.69, 9.17) is 5.11 Å². The van der Waals surface area contributed by atoms with Crippen LogP contribution in [0.2, 0.25) is 0 Å². The Morgan fingerprint density at radius 3 is 3.00 bits per heavy atom. The molecule has 0 aromatic rings. The molecule has 5 heteroatoms. The van der Waals surface area contributed by atoms with Crippen LogP contribution in [0, 0.1) is 0 Å². The molecule has 1 rings (SSSR count). The lowest BCUT2D eigenvalue weighted by atomic mass is 10.0. The number of β-amino-alcohol motifs (C(OH)–C–C–N with tert-alkyl or cyclic N) is 1. The van der Waals surface area contributed by atoms with Gasteiger partial charge in [0.15, 0.2) is 0 Å². The van der Waals surface area contributed by atoms with Crippen LogP contribution >= 0.6 is 0 Å². The highest BCUT2D eigenvalue weighted by molar-refractivity contribution is 5.82. The quantitative estimate of drug-likeness (QED) is 0.566. The van der Waals surface area contributed by atoms with Crippen molar-refractivity contribution in [2.24, 2.45) is 0 Å². The van der Waals surface area contributed by atoms with Crippen molar-refractivity contribution in [3.8, 4) is 0 Å². The molecule has 3 N–H and O–H groups in total. The summed E-state index contributed by atoms with van der Waals surface area (Å²) < 4.78 is 0. The van der Waals surface area contributed by atoms with Crippen LogP contribution in [-0.2, 0) is 4.79 Å². The summed E-state index contributed by atoms with van der Waals surface area (Å²) in [6, 6.07) is -0.111. The van der Waals surface area contributed by atoms with E-state index in [0.29, 0.717) is 6.54 Å². The second kappa shape index (κ2) is 6.83. The number of nitrogens with zero attached hydrogens (tertiary/aromatic N) is 1. The van der Waals surface area contributed by atoms with Crippen molar-refractivity contribution < 1.29 is 15.0 Å². The largest absolute Gasteiger partial charge is 0.394 e. The van der Waals surface area contributed by atoms with Crippen molar-refractivity contribution in [1.29, 1.82) is 0 Å². The minimum Gasteiger partial charge on any atom is -0.394 e. The fourth-order valence-electron chi connectivity index (χ4n) is 1.94. The number of hydrogen-bond acceptors (Lipinski definition) is 4. The summed E-state index contributed by atoms with van der Waals surface area (Å²) in [5, 5.41) is 21.3. The average molecular weight is 230 g/mol. The first-order chi connectivity index (χ1) is 7.69. The molecule has 1 heterocycles. The lowest BCUT2D eigenvalue weighted by molar-refractivity contribution is -0.137. The molecule has 1 aliphatic rings. The summed E-state index contributed by atoms with van der Waals surface area (Å²) in [6.07, 6.45) is 1.99. The van der Waals surface area contributed by atoms with Gasteiger partial charge in [-0.25, -0.2) is 0 Å². The normalized spacial score (nSPS) is 23.6. The van der Waals surface area contributed by atoms with E-state index in [-0.39, 0.29) is 25.1 Å². The van der Waals surface area contributed by atoms with Gasteiger partial charge in [0.25, 0.3) is 0 Å². The Morgan fingerprint density at radius 1 is 1.62 bits per heavy atom. The van der Waals surface area contributed by atoms with Gasteiger partial charge in [-0.3, -0.25) is 4.79 Å². The Kier molecular flexibility index (Phi) is 5.73. The standard InChI is InChI=1S/C11H22N2O3/c1-2-5-12-10-4-3-6-13(11(10)16)7-9(15)8-14/h9-10,12,14-15H,2-8H2,1H3. The molecule has 1 fully saturated rings. The third-order valence-corrected chi connectivity index (χ3v) is 2.81. The second-order valence-corrected chi connectivity index (χ2v) is 4.27. The summed E-state index contributed by atoms with van der Waals surface area (Å²) in [5.74, 6) is 0.0483. The van der Waals surface area contributed by atoms with Crippen molar-refractivity contribution in [2.75, 3.05) is 26.2 Å². The molecule has 1 amide bonds. The Labute approximate surface area is 96.4 Å². The summed E-state index contributed by atoms with van der Waals surface area (Å²) in [7, 11) is 0. The van der Waals surface area contributed by atoms with Gasteiger partial charge in [-0.15, -0.1) is 0 Å². The van der Waals surface area contributed by atoms with Crippen LogP contribution < -0.4 is 5.32 Å². The maximum absolute atomic E-state index is 12.0. The monoisotopic (exact) mass is 230 g/mol. The molecule has 5 nitrogen and oxygen atoms in total. The van der Waals surface area contributed by atoms with Gasteiger partial charge in [-0.05, 0) is 25.8 Å². The maximum Gasteiger partial charge on any atom is 0.239 e. The number of carbonyl (C=O) groups excluding carboxylic acids is 1.